The number of hydrogen-bond donors (Lipinski definition) is 1. The molecule has 0 aromatic heterocycles. The first-order valence-corrected chi connectivity index (χ1v) is 9.10. The fourth-order valence-electron chi connectivity index (χ4n) is 4.02. The van der Waals surface area contributed by atoms with Gasteiger partial charge in [-0.3, -0.25) is 4.79 Å². The lowest BCUT2D eigenvalue weighted by molar-refractivity contribution is -0.124. The van der Waals surface area contributed by atoms with Gasteiger partial charge in [0.1, 0.15) is 0 Å². The maximum atomic E-state index is 13.2. The zero-order valence-electron chi connectivity index (χ0n) is 14.9. The zero-order valence-corrected chi connectivity index (χ0v) is 14.9. The smallest absolute Gasteiger partial charge is 0.242 e. The Bertz CT molecular complexity index is 916. The lowest BCUT2D eigenvalue weighted by atomic mass is 9.98. The third kappa shape index (κ3) is 3.00. The van der Waals surface area contributed by atoms with Gasteiger partial charge in [0.05, 0.1) is 6.07 Å². The van der Waals surface area contributed by atoms with Gasteiger partial charge >= 0.3 is 0 Å². The fraction of sp³-hybridized carbons (Fsp3) is 0.167. The van der Waals surface area contributed by atoms with E-state index in [1.165, 1.54) is 0 Å². The van der Waals surface area contributed by atoms with Crippen LogP contribution in [0.1, 0.15) is 28.5 Å². The minimum absolute atomic E-state index is 0.137. The van der Waals surface area contributed by atoms with Crippen LogP contribution in [0.4, 0.5) is 0 Å². The molecule has 0 saturated heterocycles. The lowest BCUT2D eigenvalue weighted by Crippen LogP contribution is -2.32. The number of benzene rings is 3. The van der Waals surface area contributed by atoms with Crippen LogP contribution >= 0.6 is 0 Å². The number of carbonyl (C=O) groups excluding carboxylic acids is 1. The predicted molar refractivity (Wildman–Crippen MR) is 105 cm³/mol. The highest BCUT2D eigenvalue weighted by atomic mass is 16.2. The molecular formula is C24H20N2O. The van der Waals surface area contributed by atoms with Crippen molar-refractivity contribution in [2.75, 3.05) is 0 Å². The minimum atomic E-state index is -1.07. The second kappa shape index (κ2) is 7.09. The van der Waals surface area contributed by atoms with Crippen molar-refractivity contribution in [2.24, 2.45) is 5.41 Å². The van der Waals surface area contributed by atoms with Crippen molar-refractivity contribution in [3.05, 3.63) is 108 Å². The summed E-state index contributed by atoms with van der Waals surface area (Å²) < 4.78 is 0. The molecule has 0 radical (unpaired) electrons. The monoisotopic (exact) mass is 352 g/mol. The van der Waals surface area contributed by atoms with E-state index in [2.05, 4.69) is 11.4 Å². The molecule has 0 heterocycles. The largest absolute Gasteiger partial charge is 0.351 e. The summed E-state index contributed by atoms with van der Waals surface area (Å²) >= 11 is 0. The number of nitriles is 1. The van der Waals surface area contributed by atoms with Crippen molar-refractivity contribution in [1.29, 1.82) is 5.26 Å². The van der Waals surface area contributed by atoms with E-state index >= 15 is 0 Å². The van der Waals surface area contributed by atoms with E-state index in [9.17, 15) is 10.1 Å². The number of amides is 1. The molecule has 1 aliphatic carbocycles. The number of nitrogens with zero attached hydrogens (tertiary/aromatic N) is 1. The third-order valence-corrected chi connectivity index (χ3v) is 5.38. The first-order valence-electron chi connectivity index (χ1n) is 9.10. The maximum absolute atomic E-state index is 13.2. The van der Waals surface area contributed by atoms with Crippen LogP contribution in [-0.2, 0) is 11.3 Å². The number of hydrogen-bond acceptors (Lipinski definition) is 2. The molecule has 3 aromatic rings. The normalized spacial score (nSPS) is 23.2. The van der Waals surface area contributed by atoms with Gasteiger partial charge in [-0.2, -0.15) is 5.26 Å². The summed E-state index contributed by atoms with van der Waals surface area (Å²) in [6, 6.07) is 31.9. The molecule has 1 N–H and O–H groups in total. The summed E-state index contributed by atoms with van der Waals surface area (Å²) in [4.78, 5) is 13.2. The molecule has 0 unspecified atom stereocenters. The maximum Gasteiger partial charge on any atom is 0.242 e. The predicted octanol–water partition coefficient (Wildman–Crippen LogP) is 4.39. The van der Waals surface area contributed by atoms with Gasteiger partial charge in [0, 0.05) is 18.4 Å². The molecule has 1 saturated carbocycles. The van der Waals surface area contributed by atoms with Gasteiger partial charge < -0.3 is 5.32 Å². The van der Waals surface area contributed by atoms with Crippen LogP contribution in [-0.4, -0.2) is 5.91 Å². The molecule has 27 heavy (non-hydrogen) atoms. The van der Waals surface area contributed by atoms with E-state index in [0.717, 1.165) is 16.7 Å². The Morgan fingerprint density at radius 1 is 0.815 bits per heavy atom. The Kier molecular flexibility index (Phi) is 4.48. The second-order valence-electron chi connectivity index (χ2n) is 6.93. The Balaban J connectivity index is 1.65. The second-order valence-corrected chi connectivity index (χ2v) is 6.93. The van der Waals surface area contributed by atoms with Gasteiger partial charge in [0.2, 0.25) is 5.91 Å². The average Bonchev–Trinajstić information content (AvgIpc) is 3.44. The summed E-state index contributed by atoms with van der Waals surface area (Å²) in [5.41, 5.74) is 2.01. The molecule has 1 amide bonds. The molecule has 1 fully saturated rings. The van der Waals surface area contributed by atoms with Crippen LogP contribution in [0.15, 0.2) is 91.0 Å². The van der Waals surface area contributed by atoms with Gasteiger partial charge in [-0.25, -0.2) is 0 Å². The van der Waals surface area contributed by atoms with Crippen LogP contribution in [0, 0.1) is 16.7 Å². The Morgan fingerprint density at radius 2 is 1.26 bits per heavy atom. The molecule has 2 atom stereocenters. The summed E-state index contributed by atoms with van der Waals surface area (Å²) in [5, 5.41) is 13.1. The van der Waals surface area contributed by atoms with Gasteiger partial charge in [0.15, 0.2) is 5.41 Å². The Labute approximate surface area is 159 Å². The molecule has 4 rings (SSSR count). The van der Waals surface area contributed by atoms with E-state index in [1.54, 1.807) is 0 Å². The first-order chi connectivity index (χ1) is 13.3. The fourth-order valence-corrected chi connectivity index (χ4v) is 4.02. The van der Waals surface area contributed by atoms with Crippen molar-refractivity contribution in [3.8, 4) is 6.07 Å². The highest BCUT2D eigenvalue weighted by Gasteiger charge is 2.71. The molecule has 3 heteroatoms. The quantitative estimate of drug-likeness (QED) is 0.740. The van der Waals surface area contributed by atoms with E-state index in [4.69, 9.17) is 0 Å². The molecule has 3 aromatic carbocycles. The van der Waals surface area contributed by atoms with E-state index in [0.29, 0.717) is 6.54 Å². The number of nitrogens with one attached hydrogen (secondary N) is 1. The van der Waals surface area contributed by atoms with Gasteiger partial charge in [0.25, 0.3) is 0 Å². The standard InChI is InChI=1S/C24H20N2O/c25-17-24(23(27)26-16-18-10-4-1-5-11-18)21(19-12-6-2-7-13-19)22(24)20-14-8-3-9-15-20/h1-15,21-22H,16H2,(H,26,27)/t21-,22-/m0/s1. The Morgan fingerprint density at radius 3 is 1.70 bits per heavy atom. The number of rotatable bonds is 5. The summed E-state index contributed by atoms with van der Waals surface area (Å²) in [7, 11) is 0. The summed E-state index contributed by atoms with van der Waals surface area (Å²) in [6.07, 6.45) is 0. The SMILES string of the molecule is N#CC1(C(=O)NCc2ccccc2)[C@@H](c2ccccc2)[C@@H]1c1ccccc1. The van der Waals surface area contributed by atoms with Crippen LogP contribution < -0.4 is 5.32 Å². The van der Waals surface area contributed by atoms with Crippen LogP contribution in [0.3, 0.4) is 0 Å². The van der Waals surface area contributed by atoms with Gasteiger partial charge in [-0.1, -0.05) is 91.0 Å². The molecular weight excluding hydrogens is 332 g/mol. The summed E-state index contributed by atoms with van der Waals surface area (Å²) in [5.74, 6) is -0.472. The van der Waals surface area contributed by atoms with E-state index in [-0.39, 0.29) is 17.7 Å². The molecule has 3 nitrogen and oxygen atoms in total. The first kappa shape index (κ1) is 17.1. The Hall–Kier alpha value is -3.38. The molecule has 132 valence electrons. The highest BCUT2D eigenvalue weighted by Crippen LogP contribution is 2.70. The average molecular weight is 352 g/mol. The zero-order chi connectivity index (χ0) is 18.7. The molecule has 0 aliphatic heterocycles. The van der Waals surface area contributed by atoms with Crippen LogP contribution in [0.2, 0.25) is 0 Å². The third-order valence-electron chi connectivity index (χ3n) is 5.38. The van der Waals surface area contributed by atoms with Crippen molar-refractivity contribution < 1.29 is 4.79 Å². The van der Waals surface area contributed by atoms with Gasteiger partial charge in [-0.15, -0.1) is 0 Å². The van der Waals surface area contributed by atoms with Crippen LogP contribution in [0.25, 0.3) is 0 Å². The van der Waals surface area contributed by atoms with Crippen LogP contribution in [0.5, 0.6) is 0 Å². The van der Waals surface area contributed by atoms with Crippen molar-refractivity contribution >= 4 is 5.91 Å². The lowest BCUT2D eigenvalue weighted by Gasteiger charge is -2.11. The van der Waals surface area contributed by atoms with Crippen molar-refractivity contribution in [2.45, 2.75) is 18.4 Å². The highest BCUT2D eigenvalue weighted by molar-refractivity contribution is 5.93. The van der Waals surface area contributed by atoms with E-state index in [1.807, 2.05) is 91.0 Å². The van der Waals surface area contributed by atoms with Gasteiger partial charge in [-0.05, 0) is 16.7 Å². The molecule has 1 aliphatic rings. The number of carbonyl (C=O) groups is 1. The van der Waals surface area contributed by atoms with Crippen molar-refractivity contribution in [1.82, 2.24) is 5.32 Å². The molecule has 0 bridgehead atoms. The topological polar surface area (TPSA) is 52.9 Å². The summed E-state index contributed by atoms with van der Waals surface area (Å²) in [6.45, 7) is 0.423. The van der Waals surface area contributed by atoms with Crippen molar-refractivity contribution in [3.63, 3.8) is 0 Å². The molecule has 0 spiro atoms. The van der Waals surface area contributed by atoms with E-state index < -0.39 is 5.41 Å². The minimum Gasteiger partial charge on any atom is -0.351 e.